The fourth-order valence-electron chi connectivity index (χ4n) is 2.09. The lowest BCUT2D eigenvalue weighted by atomic mass is 9.99. The monoisotopic (exact) mass is 316 g/mol. The molecule has 2 rings (SSSR count). The van der Waals surface area contributed by atoms with Gasteiger partial charge >= 0.3 is 11.8 Å². The Hall–Kier alpha value is -2.33. The molecule has 0 heterocycles. The Morgan fingerprint density at radius 2 is 1.36 bits per heavy atom. The van der Waals surface area contributed by atoms with Gasteiger partial charge < -0.3 is 10.6 Å². The molecule has 0 aliphatic carbocycles. The summed E-state index contributed by atoms with van der Waals surface area (Å²) in [6.45, 7) is 0.259. The molecule has 0 atom stereocenters. The minimum Gasteiger partial charge on any atom is -0.347 e. The molecule has 0 aromatic heterocycles. The molecule has 2 amide bonds. The molecule has 0 bridgehead atoms. The molecule has 2 aromatic carbocycles. The van der Waals surface area contributed by atoms with E-state index in [0.717, 1.165) is 11.1 Å². The van der Waals surface area contributed by atoms with Crippen LogP contribution in [0.15, 0.2) is 60.7 Å². The van der Waals surface area contributed by atoms with Crippen LogP contribution in [0.4, 0.5) is 0 Å². The van der Waals surface area contributed by atoms with Crippen molar-refractivity contribution in [3.05, 3.63) is 71.8 Å². The standard InChI is InChI=1S/C17H17ClN2O2/c18-11-12-19-16(21)17(22)20-15(13-7-3-1-4-8-13)14-9-5-2-6-10-14/h1-10,15H,11-12H2,(H,19,21)(H,20,22). The van der Waals surface area contributed by atoms with Crippen LogP contribution in [0.2, 0.25) is 0 Å². The molecule has 0 aliphatic rings. The maximum absolute atomic E-state index is 12.0. The lowest BCUT2D eigenvalue weighted by molar-refractivity contribution is -0.139. The van der Waals surface area contributed by atoms with Gasteiger partial charge in [-0.25, -0.2) is 0 Å². The lowest BCUT2D eigenvalue weighted by Crippen LogP contribution is -2.42. The van der Waals surface area contributed by atoms with Gasteiger partial charge in [0.2, 0.25) is 0 Å². The smallest absolute Gasteiger partial charge is 0.310 e. The van der Waals surface area contributed by atoms with Crippen molar-refractivity contribution in [3.8, 4) is 0 Å². The maximum atomic E-state index is 12.0. The van der Waals surface area contributed by atoms with E-state index in [4.69, 9.17) is 11.6 Å². The highest BCUT2D eigenvalue weighted by Crippen LogP contribution is 2.21. The average molecular weight is 317 g/mol. The highest BCUT2D eigenvalue weighted by atomic mass is 35.5. The molecule has 2 N–H and O–H groups in total. The highest BCUT2D eigenvalue weighted by molar-refractivity contribution is 6.35. The number of carbonyl (C=O) groups is 2. The first-order valence-electron chi connectivity index (χ1n) is 6.97. The van der Waals surface area contributed by atoms with Crippen molar-refractivity contribution in [3.63, 3.8) is 0 Å². The number of amides is 2. The van der Waals surface area contributed by atoms with Gasteiger partial charge in [0.05, 0.1) is 6.04 Å². The molecule has 22 heavy (non-hydrogen) atoms. The van der Waals surface area contributed by atoms with Crippen LogP contribution in [0.1, 0.15) is 17.2 Å². The second kappa shape index (κ2) is 8.20. The SMILES string of the molecule is O=C(NCCCl)C(=O)NC(c1ccccc1)c1ccccc1. The molecule has 114 valence electrons. The van der Waals surface area contributed by atoms with Gasteiger partial charge in [0.25, 0.3) is 0 Å². The van der Waals surface area contributed by atoms with Crippen LogP contribution in [-0.4, -0.2) is 24.2 Å². The molecular weight excluding hydrogens is 300 g/mol. The minimum atomic E-state index is -0.683. The quantitative estimate of drug-likeness (QED) is 0.656. The van der Waals surface area contributed by atoms with E-state index in [1.54, 1.807) is 0 Å². The van der Waals surface area contributed by atoms with Crippen molar-refractivity contribution >= 4 is 23.4 Å². The summed E-state index contributed by atoms with van der Waals surface area (Å²) in [6, 6.07) is 18.6. The number of hydrogen-bond acceptors (Lipinski definition) is 2. The fraction of sp³-hybridized carbons (Fsp3) is 0.176. The Balaban J connectivity index is 2.19. The summed E-state index contributed by atoms with van der Waals surface area (Å²) in [6.07, 6.45) is 0. The van der Waals surface area contributed by atoms with E-state index in [2.05, 4.69) is 10.6 Å². The molecule has 0 radical (unpaired) electrons. The third-order valence-corrected chi connectivity index (χ3v) is 3.32. The van der Waals surface area contributed by atoms with E-state index >= 15 is 0 Å². The Morgan fingerprint density at radius 3 is 1.82 bits per heavy atom. The van der Waals surface area contributed by atoms with Gasteiger partial charge in [-0.05, 0) is 11.1 Å². The number of nitrogens with one attached hydrogen (secondary N) is 2. The normalized spacial score (nSPS) is 10.3. The summed E-state index contributed by atoms with van der Waals surface area (Å²) < 4.78 is 0. The number of halogens is 1. The van der Waals surface area contributed by atoms with E-state index in [0.29, 0.717) is 0 Å². The Morgan fingerprint density at radius 1 is 0.864 bits per heavy atom. The van der Waals surface area contributed by atoms with Crippen LogP contribution in [0, 0.1) is 0 Å². The van der Waals surface area contributed by atoms with Gasteiger partial charge in [-0.1, -0.05) is 60.7 Å². The molecule has 0 unspecified atom stereocenters. The van der Waals surface area contributed by atoms with Crippen LogP contribution in [0.5, 0.6) is 0 Å². The number of rotatable bonds is 5. The van der Waals surface area contributed by atoms with Crippen molar-refractivity contribution in [2.75, 3.05) is 12.4 Å². The zero-order chi connectivity index (χ0) is 15.8. The largest absolute Gasteiger partial charge is 0.347 e. The number of alkyl halides is 1. The number of hydrogen-bond donors (Lipinski definition) is 2. The predicted molar refractivity (Wildman–Crippen MR) is 86.6 cm³/mol. The summed E-state index contributed by atoms with van der Waals surface area (Å²) >= 11 is 5.50. The van der Waals surface area contributed by atoms with Gasteiger partial charge in [0.1, 0.15) is 0 Å². The van der Waals surface area contributed by atoms with Crippen LogP contribution < -0.4 is 10.6 Å². The van der Waals surface area contributed by atoms with Gasteiger partial charge in [-0.2, -0.15) is 0 Å². The van der Waals surface area contributed by atoms with Crippen LogP contribution in [-0.2, 0) is 9.59 Å². The number of benzene rings is 2. The topological polar surface area (TPSA) is 58.2 Å². The molecule has 5 heteroatoms. The zero-order valence-electron chi connectivity index (χ0n) is 12.0. The first-order valence-corrected chi connectivity index (χ1v) is 7.50. The second-order valence-corrected chi connectivity index (χ2v) is 5.05. The fourth-order valence-corrected chi connectivity index (χ4v) is 2.18. The minimum absolute atomic E-state index is 0.259. The molecular formula is C17H17ClN2O2. The number of carbonyl (C=O) groups excluding carboxylic acids is 2. The first-order chi connectivity index (χ1) is 10.7. The van der Waals surface area contributed by atoms with Crippen molar-refractivity contribution in [2.24, 2.45) is 0 Å². The maximum Gasteiger partial charge on any atom is 0.310 e. The van der Waals surface area contributed by atoms with Crippen LogP contribution >= 0.6 is 11.6 Å². The summed E-state index contributed by atoms with van der Waals surface area (Å²) in [4.78, 5) is 23.8. The predicted octanol–water partition coefficient (Wildman–Crippen LogP) is 2.25. The van der Waals surface area contributed by atoms with E-state index in [1.807, 2.05) is 60.7 Å². The summed E-state index contributed by atoms with van der Waals surface area (Å²) in [7, 11) is 0. The van der Waals surface area contributed by atoms with Crippen LogP contribution in [0.25, 0.3) is 0 Å². The third kappa shape index (κ3) is 4.33. The molecule has 0 fully saturated rings. The molecule has 4 nitrogen and oxygen atoms in total. The lowest BCUT2D eigenvalue weighted by Gasteiger charge is -2.19. The molecule has 0 aliphatic heterocycles. The van der Waals surface area contributed by atoms with Gasteiger partial charge in [-0.15, -0.1) is 11.6 Å². The van der Waals surface area contributed by atoms with Crippen molar-refractivity contribution in [2.45, 2.75) is 6.04 Å². The zero-order valence-corrected chi connectivity index (χ0v) is 12.7. The Kier molecular flexibility index (Phi) is 5.98. The Labute approximate surface area is 134 Å². The average Bonchev–Trinajstić information content (AvgIpc) is 2.58. The second-order valence-electron chi connectivity index (χ2n) is 4.67. The van der Waals surface area contributed by atoms with Gasteiger partial charge in [0, 0.05) is 12.4 Å². The van der Waals surface area contributed by atoms with Gasteiger partial charge in [-0.3, -0.25) is 9.59 Å². The first kappa shape index (κ1) is 16.0. The summed E-state index contributed by atoms with van der Waals surface area (Å²) in [5.41, 5.74) is 1.82. The summed E-state index contributed by atoms with van der Waals surface area (Å²) in [5, 5.41) is 5.22. The Bertz CT molecular complexity index is 578. The third-order valence-electron chi connectivity index (χ3n) is 3.13. The molecule has 0 spiro atoms. The van der Waals surface area contributed by atoms with Crippen LogP contribution in [0.3, 0.4) is 0 Å². The molecule has 0 saturated heterocycles. The molecule has 0 saturated carbocycles. The molecule has 2 aromatic rings. The van der Waals surface area contributed by atoms with Crippen molar-refractivity contribution in [1.29, 1.82) is 0 Å². The van der Waals surface area contributed by atoms with Crippen molar-refractivity contribution in [1.82, 2.24) is 10.6 Å². The summed E-state index contributed by atoms with van der Waals surface area (Å²) in [5.74, 6) is -1.10. The van der Waals surface area contributed by atoms with E-state index < -0.39 is 11.8 Å². The van der Waals surface area contributed by atoms with E-state index in [-0.39, 0.29) is 18.5 Å². The van der Waals surface area contributed by atoms with E-state index in [1.165, 1.54) is 0 Å². The highest BCUT2D eigenvalue weighted by Gasteiger charge is 2.20. The van der Waals surface area contributed by atoms with Gasteiger partial charge in [0.15, 0.2) is 0 Å². The van der Waals surface area contributed by atoms with Crippen molar-refractivity contribution < 1.29 is 9.59 Å². The van der Waals surface area contributed by atoms with E-state index in [9.17, 15) is 9.59 Å².